The van der Waals surface area contributed by atoms with Crippen LogP contribution in [-0.4, -0.2) is 33.7 Å². The highest BCUT2D eigenvalue weighted by molar-refractivity contribution is 5.95. The number of nitrogens with zero attached hydrogens (tertiary/aromatic N) is 3. The maximum atomic E-state index is 12.6. The van der Waals surface area contributed by atoms with Crippen LogP contribution in [0.2, 0.25) is 0 Å². The lowest BCUT2D eigenvalue weighted by molar-refractivity contribution is -0.137. The summed E-state index contributed by atoms with van der Waals surface area (Å²) in [5, 5.41) is 7.14. The molecule has 0 spiro atoms. The second kappa shape index (κ2) is 7.49. The molecule has 0 unspecified atom stereocenters. The number of aromatic nitrogens is 2. The Morgan fingerprint density at radius 3 is 2.31 bits per heavy atom. The van der Waals surface area contributed by atoms with Gasteiger partial charge < -0.3 is 5.32 Å². The monoisotopic (exact) mass is 368 g/mol. The van der Waals surface area contributed by atoms with Crippen LogP contribution in [0.1, 0.15) is 29.4 Å². The van der Waals surface area contributed by atoms with Gasteiger partial charge in [0.25, 0.3) is 0 Å². The number of rotatable bonds is 5. The highest BCUT2D eigenvalue weighted by atomic mass is 19.4. The zero-order valence-electron chi connectivity index (χ0n) is 15.5. The van der Waals surface area contributed by atoms with E-state index in [4.69, 9.17) is 0 Å². The molecule has 26 heavy (non-hydrogen) atoms. The molecule has 142 valence electrons. The van der Waals surface area contributed by atoms with Crippen molar-refractivity contribution in [2.45, 2.75) is 39.5 Å². The molecular formula is C18H23F3N4O. The van der Waals surface area contributed by atoms with Crippen molar-refractivity contribution in [1.29, 1.82) is 0 Å². The number of carbonyl (C=O) groups is 1. The lowest BCUT2D eigenvalue weighted by atomic mass is 10.1. The Morgan fingerprint density at radius 2 is 1.85 bits per heavy atom. The van der Waals surface area contributed by atoms with Crippen LogP contribution < -0.4 is 5.32 Å². The standard InChI is InChI=1S/C18H23F3N4O/c1-11-16(12(2)25(5)23-11)22-17(26)13(3)24(4)10-14-6-8-15(9-7-14)18(19,20)21/h6-9,13H,10H2,1-5H3,(H,22,26)/t13-/m1/s1. The first-order valence-corrected chi connectivity index (χ1v) is 8.18. The van der Waals surface area contributed by atoms with Crippen LogP contribution in [0.3, 0.4) is 0 Å². The molecule has 0 aliphatic carbocycles. The third kappa shape index (κ3) is 4.43. The number of anilines is 1. The van der Waals surface area contributed by atoms with Gasteiger partial charge in [-0.25, -0.2) is 0 Å². The molecule has 2 rings (SSSR count). The second-order valence-electron chi connectivity index (χ2n) is 6.44. The van der Waals surface area contributed by atoms with Gasteiger partial charge in [-0.15, -0.1) is 0 Å². The minimum atomic E-state index is -4.35. The number of hydrogen-bond acceptors (Lipinski definition) is 3. The zero-order valence-corrected chi connectivity index (χ0v) is 15.5. The molecule has 0 aliphatic heterocycles. The summed E-state index contributed by atoms with van der Waals surface area (Å²) in [6, 6.07) is 4.50. The fraction of sp³-hybridized carbons (Fsp3) is 0.444. The molecular weight excluding hydrogens is 345 g/mol. The predicted octanol–water partition coefficient (Wildman–Crippen LogP) is 3.51. The van der Waals surface area contributed by atoms with E-state index in [-0.39, 0.29) is 5.91 Å². The molecule has 0 radical (unpaired) electrons. The van der Waals surface area contributed by atoms with E-state index in [0.29, 0.717) is 17.8 Å². The molecule has 5 nitrogen and oxygen atoms in total. The molecule has 8 heteroatoms. The molecule has 1 atom stereocenters. The van der Waals surface area contributed by atoms with Crippen molar-refractivity contribution < 1.29 is 18.0 Å². The van der Waals surface area contributed by atoms with E-state index in [1.165, 1.54) is 12.1 Å². The SMILES string of the molecule is Cc1nn(C)c(C)c1NC(=O)[C@@H](C)N(C)Cc1ccc(C(F)(F)F)cc1. The third-order valence-electron chi connectivity index (χ3n) is 4.51. The van der Waals surface area contributed by atoms with Crippen LogP contribution in [-0.2, 0) is 24.6 Å². The van der Waals surface area contributed by atoms with Crippen LogP contribution in [0.15, 0.2) is 24.3 Å². The minimum absolute atomic E-state index is 0.196. The summed E-state index contributed by atoms with van der Waals surface area (Å²) in [6.07, 6.45) is -4.35. The fourth-order valence-corrected chi connectivity index (χ4v) is 2.61. The van der Waals surface area contributed by atoms with Gasteiger partial charge in [0.15, 0.2) is 0 Å². The molecule has 0 saturated heterocycles. The lowest BCUT2D eigenvalue weighted by Gasteiger charge is -2.24. The fourth-order valence-electron chi connectivity index (χ4n) is 2.61. The Hall–Kier alpha value is -2.35. The van der Waals surface area contributed by atoms with Crippen molar-refractivity contribution in [2.24, 2.45) is 7.05 Å². The highest BCUT2D eigenvalue weighted by Gasteiger charge is 2.30. The van der Waals surface area contributed by atoms with E-state index < -0.39 is 17.8 Å². The summed E-state index contributed by atoms with van der Waals surface area (Å²) >= 11 is 0. The predicted molar refractivity (Wildman–Crippen MR) is 93.7 cm³/mol. The Labute approximate surface area is 150 Å². The van der Waals surface area contributed by atoms with Gasteiger partial charge in [-0.3, -0.25) is 14.4 Å². The molecule has 1 aromatic carbocycles. The summed E-state index contributed by atoms with van der Waals surface area (Å²) in [7, 11) is 3.56. The van der Waals surface area contributed by atoms with Crippen molar-refractivity contribution in [1.82, 2.24) is 14.7 Å². The van der Waals surface area contributed by atoms with Crippen LogP contribution in [0.4, 0.5) is 18.9 Å². The normalized spacial score (nSPS) is 13.1. The van der Waals surface area contributed by atoms with Gasteiger partial charge in [-0.2, -0.15) is 18.3 Å². The van der Waals surface area contributed by atoms with Gasteiger partial charge in [-0.1, -0.05) is 12.1 Å². The molecule has 1 amide bonds. The number of hydrogen-bond donors (Lipinski definition) is 1. The molecule has 1 N–H and O–H groups in total. The molecule has 0 saturated carbocycles. The van der Waals surface area contributed by atoms with E-state index in [9.17, 15) is 18.0 Å². The van der Waals surface area contributed by atoms with Gasteiger partial charge >= 0.3 is 6.18 Å². The average Bonchev–Trinajstić information content (AvgIpc) is 2.80. The number of carbonyl (C=O) groups excluding carboxylic acids is 1. The van der Waals surface area contributed by atoms with Crippen LogP contribution in [0.5, 0.6) is 0 Å². The lowest BCUT2D eigenvalue weighted by Crippen LogP contribution is -2.39. The first-order valence-electron chi connectivity index (χ1n) is 8.18. The van der Waals surface area contributed by atoms with Gasteiger partial charge in [-0.05, 0) is 45.5 Å². The maximum absolute atomic E-state index is 12.6. The maximum Gasteiger partial charge on any atom is 0.416 e. The summed E-state index contributed by atoms with van der Waals surface area (Å²) in [5.41, 5.74) is 2.29. The molecule has 1 aromatic heterocycles. The number of amides is 1. The molecule has 0 aliphatic rings. The summed E-state index contributed by atoms with van der Waals surface area (Å²) in [5.74, 6) is -0.196. The van der Waals surface area contributed by atoms with Crippen molar-refractivity contribution in [3.63, 3.8) is 0 Å². The second-order valence-corrected chi connectivity index (χ2v) is 6.44. The van der Waals surface area contributed by atoms with E-state index >= 15 is 0 Å². The Morgan fingerprint density at radius 1 is 1.27 bits per heavy atom. The Balaban J connectivity index is 2.02. The highest BCUT2D eigenvalue weighted by Crippen LogP contribution is 2.29. The van der Waals surface area contributed by atoms with Crippen molar-refractivity contribution in [2.75, 3.05) is 12.4 Å². The van der Waals surface area contributed by atoms with E-state index in [1.54, 1.807) is 30.6 Å². The zero-order chi connectivity index (χ0) is 19.6. The number of benzene rings is 1. The first kappa shape index (κ1) is 20.0. The van der Waals surface area contributed by atoms with Gasteiger partial charge in [0, 0.05) is 13.6 Å². The molecule has 1 heterocycles. The number of halogens is 3. The van der Waals surface area contributed by atoms with Gasteiger partial charge in [0.05, 0.1) is 28.7 Å². The quantitative estimate of drug-likeness (QED) is 0.879. The molecule has 0 fully saturated rings. The summed E-state index contributed by atoms with van der Waals surface area (Å²) < 4.78 is 39.6. The molecule has 0 bridgehead atoms. The van der Waals surface area contributed by atoms with E-state index in [2.05, 4.69) is 10.4 Å². The van der Waals surface area contributed by atoms with Crippen molar-refractivity contribution in [3.05, 3.63) is 46.8 Å². The van der Waals surface area contributed by atoms with Gasteiger partial charge in [0.1, 0.15) is 0 Å². The van der Waals surface area contributed by atoms with Gasteiger partial charge in [0.2, 0.25) is 5.91 Å². The third-order valence-corrected chi connectivity index (χ3v) is 4.51. The van der Waals surface area contributed by atoms with Crippen LogP contribution in [0, 0.1) is 13.8 Å². The number of nitrogens with one attached hydrogen (secondary N) is 1. The largest absolute Gasteiger partial charge is 0.416 e. The smallest absolute Gasteiger partial charge is 0.322 e. The Bertz CT molecular complexity index is 781. The van der Waals surface area contributed by atoms with E-state index in [1.807, 2.05) is 13.8 Å². The van der Waals surface area contributed by atoms with Crippen molar-refractivity contribution >= 4 is 11.6 Å². The first-order chi connectivity index (χ1) is 12.0. The number of aryl methyl sites for hydroxylation is 2. The topological polar surface area (TPSA) is 50.2 Å². The summed E-state index contributed by atoms with van der Waals surface area (Å²) in [6.45, 7) is 5.80. The minimum Gasteiger partial charge on any atom is -0.322 e. The number of alkyl halides is 3. The van der Waals surface area contributed by atoms with Crippen LogP contribution in [0.25, 0.3) is 0 Å². The summed E-state index contributed by atoms with van der Waals surface area (Å²) in [4.78, 5) is 14.3. The average molecular weight is 368 g/mol. The van der Waals surface area contributed by atoms with Crippen LogP contribution >= 0.6 is 0 Å². The Kier molecular flexibility index (Phi) is 5.75. The van der Waals surface area contributed by atoms with Crippen molar-refractivity contribution in [3.8, 4) is 0 Å². The number of likely N-dealkylation sites (N-methyl/N-ethyl adjacent to an activating group) is 1. The molecule has 2 aromatic rings. The van der Waals surface area contributed by atoms with E-state index in [0.717, 1.165) is 23.5 Å².